The fourth-order valence-electron chi connectivity index (χ4n) is 1.21. The number of carbonyl (C=O) groups is 1. The van der Waals surface area contributed by atoms with Gasteiger partial charge < -0.3 is 15.2 Å². The van der Waals surface area contributed by atoms with E-state index in [1.54, 1.807) is 0 Å². The molecule has 2 N–H and O–H groups in total. The highest BCUT2D eigenvalue weighted by Crippen LogP contribution is 2.33. The first kappa shape index (κ1) is 12.2. The number of aromatic nitrogens is 1. The van der Waals surface area contributed by atoms with Crippen LogP contribution in [0.5, 0.6) is 5.75 Å². The lowest BCUT2D eigenvalue weighted by Crippen LogP contribution is -2.11. The third-order valence-corrected chi connectivity index (χ3v) is 1.92. The van der Waals surface area contributed by atoms with Gasteiger partial charge >= 0.3 is 5.97 Å². The summed E-state index contributed by atoms with van der Waals surface area (Å²) in [7, 11) is 2.28. The molecule has 1 rings (SSSR count). The smallest absolute Gasteiger partial charge is 0.342 e. The van der Waals surface area contributed by atoms with Crippen molar-refractivity contribution >= 4 is 11.8 Å². The first-order chi connectivity index (χ1) is 7.52. The van der Waals surface area contributed by atoms with Crippen molar-refractivity contribution in [1.29, 1.82) is 0 Å². The van der Waals surface area contributed by atoms with Crippen molar-refractivity contribution < 1.29 is 23.0 Å². The quantitative estimate of drug-likeness (QED) is 0.797. The van der Waals surface area contributed by atoms with Gasteiger partial charge in [0.2, 0.25) is 0 Å². The highest BCUT2D eigenvalue weighted by atomic mass is 19.3. The third kappa shape index (κ3) is 2.02. The zero-order chi connectivity index (χ0) is 12.3. The SMILES string of the molecule is COC(=O)c1c(C(F)F)cnc(N)c1OC. The van der Waals surface area contributed by atoms with Gasteiger partial charge in [0.15, 0.2) is 11.6 Å². The highest BCUT2D eigenvalue weighted by molar-refractivity contribution is 5.95. The monoisotopic (exact) mass is 232 g/mol. The van der Waals surface area contributed by atoms with E-state index in [9.17, 15) is 13.6 Å². The molecule has 0 saturated carbocycles. The molecule has 88 valence electrons. The maximum Gasteiger partial charge on any atom is 0.342 e. The Bertz CT molecular complexity index is 410. The molecule has 0 fully saturated rings. The second kappa shape index (κ2) is 4.73. The number of halogens is 2. The van der Waals surface area contributed by atoms with Gasteiger partial charge in [-0.25, -0.2) is 18.6 Å². The number of nitrogens with zero attached hydrogens (tertiary/aromatic N) is 1. The fourth-order valence-corrected chi connectivity index (χ4v) is 1.21. The number of nitrogen functional groups attached to an aromatic ring is 1. The van der Waals surface area contributed by atoms with Crippen molar-refractivity contribution in [2.24, 2.45) is 0 Å². The molecule has 7 heteroatoms. The molecule has 0 radical (unpaired) electrons. The van der Waals surface area contributed by atoms with E-state index < -0.39 is 23.5 Å². The Hall–Kier alpha value is -1.92. The second-order valence-corrected chi connectivity index (χ2v) is 2.80. The fraction of sp³-hybridized carbons (Fsp3) is 0.333. The van der Waals surface area contributed by atoms with Crippen LogP contribution in [0.25, 0.3) is 0 Å². The van der Waals surface area contributed by atoms with Gasteiger partial charge in [0.1, 0.15) is 5.56 Å². The molecule has 0 amide bonds. The van der Waals surface area contributed by atoms with Gasteiger partial charge in [0.25, 0.3) is 6.43 Å². The highest BCUT2D eigenvalue weighted by Gasteiger charge is 2.26. The molecule has 16 heavy (non-hydrogen) atoms. The molecule has 0 unspecified atom stereocenters. The number of carbonyl (C=O) groups excluding carboxylic acids is 1. The average Bonchev–Trinajstić information content (AvgIpc) is 2.27. The normalized spacial score (nSPS) is 10.3. The summed E-state index contributed by atoms with van der Waals surface area (Å²) in [5.41, 5.74) is 4.44. The Morgan fingerprint density at radius 1 is 1.50 bits per heavy atom. The van der Waals surface area contributed by atoms with Gasteiger partial charge in [-0.3, -0.25) is 0 Å². The molecule has 0 aromatic carbocycles. The average molecular weight is 232 g/mol. The summed E-state index contributed by atoms with van der Waals surface area (Å²) >= 11 is 0. The van der Waals surface area contributed by atoms with Gasteiger partial charge in [0, 0.05) is 6.20 Å². The largest absolute Gasteiger partial charge is 0.492 e. The number of ether oxygens (including phenoxy) is 2. The van der Waals surface area contributed by atoms with Crippen LogP contribution >= 0.6 is 0 Å². The summed E-state index contributed by atoms with van der Waals surface area (Å²) in [4.78, 5) is 14.9. The molecular weight excluding hydrogens is 222 g/mol. The first-order valence-corrected chi connectivity index (χ1v) is 4.21. The van der Waals surface area contributed by atoms with Crippen molar-refractivity contribution in [3.8, 4) is 5.75 Å². The van der Waals surface area contributed by atoms with E-state index in [1.807, 2.05) is 0 Å². The molecule has 0 saturated heterocycles. The van der Waals surface area contributed by atoms with E-state index >= 15 is 0 Å². The summed E-state index contributed by atoms with van der Waals surface area (Å²) in [5.74, 6) is -1.29. The molecule has 0 atom stereocenters. The van der Waals surface area contributed by atoms with E-state index in [4.69, 9.17) is 10.5 Å². The number of methoxy groups -OCH3 is 2. The van der Waals surface area contributed by atoms with Gasteiger partial charge in [-0.15, -0.1) is 0 Å². The van der Waals surface area contributed by atoms with Crippen LogP contribution in [-0.4, -0.2) is 25.2 Å². The lowest BCUT2D eigenvalue weighted by molar-refractivity contribution is 0.0585. The van der Waals surface area contributed by atoms with Gasteiger partial charge in [0.05, 0.1) is 19.8 Å². The van der Waals surface area contributed by atoms with E-state index in [0.717, 1.165) is 13.3 Å². The number of esters is 1. The van der Waals surface area contributed by atoms with Gasteiger partial charge in [-0.1, -0.05) is 0 Å². The van der Waals surface area contributed by atoms with Crippen LogP contribution in [0, 0.1) is 0 Å². The molecule has 1 aromatic heterocycles. The van der Waals surface area contributed by atoms with Crippen molar-refractivity contribution in [2.45, 2.75) is 6.43 Å². The van der Waals surface area contributed by atoms with E-state index in [2.05, 4.69) is 9.72 Å². The Kier molecular flexibility index (Phi) is 3.60. The molecular formula is C9H10F2N2O3. The number of rotatable bonds is 3. The molecule has 0 aliphatic rings. The van der Waals surface area contributed by atoms with E-state index in [-0.39, 0.29) is 11.6 Å². The zero-order valence-corrected chi connectivity index (χ0v) is 8.66. The standard InChI is InChI=1S/C9H10F2N2O3/c1-15-6-5(9(14)16-2)4(7(10)11)3-13-8(6)12/h3,7H,1-2H3,(H2,12,13). The molecule has 0 bridgehead atoms. The van der Waals surface area contributed by atoms with Crippen LogP contribution in [0.15, 0.2) is 6.20 Å². The number of pyridine rings is 1. The summed E-state index contributed by atoms with van der Waals surface area (Å²) < 4.78 is 34.4. The summed E-state index contributed by atoms with van der Waals surface area (Å²) in [6.07, 6.45) is -2.04. The van der Waals surface area contributed by atoms with Crippen molar-refractivity contribution in [3.63, 3.8) is 0 Å². The molecule has 1 heterocycles. The Labute approximate surface area is 90.2 Å². The number of nitrogens with two attached hydrogens (primary N) is 1. The predicted molar refractivity (Wildman–Crippen MR) is 51.5 cm³/mol. The number of hydrogen-bond donors (Lipinski definition) is 1. The lowest BCUT2D eigenvalue weighted by atomic mass is 10.1. The predicted octanol–water partition coefficient (Wildman–Crippen LogP) is 1.40. The number of alkyl halides is 2. The minimum absolute atomic E-state index is 0.146. The molecule has 1 aromatic rings. The Morgan fingerprint density at radius 3 is 2.56 bits per heavy atom. The van der Waals surface area contributed by atoms with Crippen molar-refractivity contribution in [2.75, 3.05) is 20.0 Å². The maximum atomic E-state index is 12.6. The van der Waals surface area contributed by atoms with Crippen molar-refractivity contribution in [3.05, 3.63) is 17.3 Å². The molecule has 0 aliphatic heterocycles. The van der Waals surface area contributed by atoms with Crippen LogP contribution < -0.4 is 10.5 Å². The number of anilines is 1. The molecule has 0 spiro atoms. The maximum absolute atomic E-state index is 12.6. The molecule has 0 aliphatic carbocycles. The minimum Gasteiger partial charge on any atom is -0.492 e. The van der Waals surface area contributed by atoms with Crippen LogP contribution in [0.2, 0.25) is 0 Å². The second-order valence-electron chi connectivity index (χ2n) is 2.80. The minimum atomic E-state index is -2.86. The van der Waals surface area contributed by atoms with Crippen LogP contribution in [0.3, 0.4) is 0 Å². The zero-order valence-electron chi connectivity index (χ0n) is 8.66. The Balaban J connectivity index is 3.47. The van der Waals surface area contributed by atoms with Crippen LogP contribution in [-0.2, 0) is 4.74 Å². The summed E-state index contributed by atoms with van der Waals surface area (Å²) in [6.45, 7) is 0. The van der Waals surface area contributed by atoms with E-state index in [0.29, 0.717) is 0 Å². The summed E-state index contributed by atoms with van der Waals surface area (Å²) in [6, 6.07) is 0. The first-order valence-electron chi connectivity index (χ1n) is 4.21. The topological polar surface area (TPSA) is 74.4 Å². The van der Waals surface area contributed by atoms with Crippen LogP contribution in [0.1, 0.15) is 22.3 Å². The number of hydrogen-bond acceptors (Lipinski definition) is 5. The third-order valence-electron chi connectivity index (χ3n) is 1.92. The molecule has 5 nitrogen and oxygen atoms in total. The van der Waals surface area contributed by atoms with Crippen molar-refractivity contribution in [1.82, 2.24) is 4.98 Å². The van der Waals surface area contributed by atoms with Gasteiger partial charge in [-0.2, -0.15) is 0 Å². The van der Waals surface area contributed by atoms with Crippen LogP contribution in [0.4, 0.5) is 14.6 Å². The summed E-state index contributed by atoms with van der Waals surface area (Å²) in [5, 5.41) is 0. The van der Waals surface area contributed by atoms with Gasteiger partial charge in [-0.05, 0) is 0 Å². The lowest BCUT2D eigenvalue weighted by Gasteiger charge is -2.12. The Morgan fingerprint density at radius 2 is 2.12 bits per heavy atom. The van der Waals surface area contributed by atoms with E-state index in [1.165, 1.54) is 7.11 Å².